The van der Waals surface area contributed by atoms with Gasteiger partial charge in [-0.2, -0.15) is 10.2 Å². The molecule has 0 saturated carbocycles. The quantitative estimate of drug-likeness (QED) is 0.432. The third-order valence-electron chi connectivity index (χ3n) is 5.49. The van der Waals surface area contributed by atoms with E-state index in [0.29, 0.717) is 23.4 Å². The van der Waals surface area contributed by atoms with Gasteiger partial charge in [0.05, 0.1) is 12.3 Å². The van der Waals surface area contributed by atoms with Gasteiger partial charge in [0.2, 0.25) is 0 Å². The number of rotatable bonds is 7. The number of anilines is 1. The summed E-state index contributed by atoms with van der Waals surface area (Å²) in [6.45, 7) is 2.00. The first kappa shape index (κ1) is 22.4. The molecule has 0 spiro atoms. The SMILES string of the molecule is N#CB1CCN(SN(Cc2ccc(C3=NN=C(C(F)F)C3)cc2F)c2ccccc2)CC1. The summed E-state index contributed by atoms with van der Waals surface area (Å²) >= 11 is 1.53. The molecule has 0 bridgehead atoms. The van der Waals surface area contributed by atoms with Crippen molar-refractivity contribution in [2.45, 2.75) is 32.0 Å². The fourth-order valence-corrected chi connectivity index (χ4v) is 4.69. The zero-order valence-corrected chi connectivity index (χ0v) is 18.1. The molecular weight excluding hydrogens is 434 g/mol. The molecule has 2 aromatic carbocycles. The molecule has 2 aliphatic heterocycles. The van der Waals surface area contributed by atoms with Crippen LogP contribution >= 0.6 is 12.1 Å². The van der Waals surface area contributed by atoms with Gasteiger partial charge in [-0.15, -0.1) is 0 Å². The van der Waals surface area contributed by atoms with Crippen molar-refractivity contribution in [1.82, 2.24) is 4.31 Å². The van der Waals surface area contributed by atoms with Crippen molar-refractivity contribution in [3.05, 3.63) is 65.5 Å². The summed E-state index contributed by atoms with van der Waals surface area (Å²) in [6.07, 6.45) is -1.09. The van der Waals surface area contributed by atoms with Crippen LogP contribution in [-0.2, 0) is 6.54 Å². The first-order valence-electron chi connectivity index (χ1n) is 10.4. The Morgan fingerprint density at radius 2 is 1.88 bits per heavy atom. The van der Waals surface area contributed by atoms with E-state index < -0.39 is 12.2 Å². The highest BCUT2D eigenvalue weighted by Crippen LogP contribution is 2.30. The number of hydrogen-bond acceptors (Lipinski definition) is 6. The fourth-order valence-electron chi connectivity index (χ4n) is 3.62. The van der Waals surface area contributed by atoms with Gasteiger partial charge in [0.1, 0.15) is 11.5 Å². The van der Waals surface area contributed by atoms with Crippen LogP contribution in [0.1, 0.15) is 17.5 Å². The number of halogens is 3. The highest BCUT2D eigenvalue weighted by atomic mass is 32.2. The predicted molar refractivity (Wildman–Crippen MR) is 124 cm³/mol. The lowest BCUT2D eigenvalue weighted by atomic mass is 9.45. The summed E-state index contributed by atoms with van der Waals surface area (Å²) < 4.78 is 44.8. The Balaban J connectivity index is 1.48. The summed E-state index contributed by atoms with van der Waals surface area (Å²) in [7, 11) is 0. The molecule has 0 aromatic heterocycles. The van der Waals surface area contributed by atoms with Crippen LogP contribution < -0.4 is 4.31 Å². The Morgan fingerprint density at radius 3 is 2.50 bits per heavy atom. The molecule has 0 radical (unpaired) electrons. The molecule has 0 aliphatic carbocycles. The van der Waals surface area contributed by atoms with E-state index in [1.165, 1.54) is 18.2 Å². The standard InChI is InChI=1S/C22H21BF3N5S/c24-19-12-16(20-13-21(22(25)26)29-28-20)6-7-17(19)14-31(18-4-2-1-3-5-18)32-30-10-8-23(15-27)9-11-30/h1-7,12,22H,8-11,13-14H2. The Bertz CT molecular complexity index is 1050. The monoisotopic (exact) mass is 455 g/mol. The van der Waals surface area contributed by atoms with Crippen molar-refractivity contribution in [2.75, 3.05) is 17.4 Å². The van der Waals surface area contributed by atoms with Gasteiger partial charge >= 0.3 is 0 Å². The van der Waals surface area contributed by atoms with E-state index in [4.69, 9.17) is 5.26 Å². The van der Waals surface area contributed by atoms with Gasteiger partial charge in [0.25, 0.3) is 13.1 Å². The molecule has 0 unspecified atom stereocenters. The molecule has 2 heterocycles. The van der Waals surface area contributed by atoms with E-state index >= 15 is 0 Å². The molecule has 2 aromatic rings. The van der Waals surface area contributed by atoms with Gasteiger partial charge < -0.3 is 0 Å². The number of benzene rings is 2. The molecule has 1 fully saturated rings. The second-order valence-electron chi connectivity index (χ2n) is 7.71. The second kappa shape index (κ2) is 10.2. The van der Waals surface area contributed by atoms with Gasteiger partial charge in [-0.3, -0.25) is 4.31 Å². The molecule has 0 N–H and O–H groups in total. The van der Waals surface area contributed by atoms with Crippen molar-refractivity contribution in [3.63, 3.8) is 0 Å². The van der Waals surface area contributed by atoms with E-state index in [-0.39, 0.29) is 18.8 Å². The maximum Gasteiger partial charge on any atom is 0.278 e. The lowest BCUT2D eigenvalue weighted by Gasteiger charge is -2.33. The fraction of sp³-hybridized carbons (Fsp3) is 0.318. The summed E-state index contributed by atoms with van der Waals surface area (Å²) in [5, 5.41) is 16.4. The van der Waals surface area contributed by atoms with Gasteiger partial charge in [-0.25, -0.2) is 22.7 Å². The van der Waals surface area contributed by atoms with Gasteiger partial charge in [-0.1, -0.05) is 30.3 Å². The molecule has 0 atom stereocenters. The molecule has 32 heavy (non-hydrogen) atoms. The van der Waals surface area contributed by atoms with Crippen molar-refractivity contribution in [3.8, 4) is 5.97 Å². The zero-order chi connectivity index (χ0) is 22.5. The largest absolute Gasteiger partial charge is 0.299 e. The van der Waals surface area contributed by atoms with Crippen LogP contribution in [-0.4, -0.2) is 42.0 Å². The average molecular weight is 455 g/mol. The van der Waals surface area contributed by atoms with Crippen molar-refractivity contribution in [2.24, 2.45) is 10.2 Å². The van der Waals surface area contributed by atoms with Crippen molar-refractivity contribution in [1.29, 1.82) is 5.26 Å². The van der Waals surface area contributed by atoms with E-state index in [2.05, 4.69) is 20.5 Å². The van der Waals surface area contributed by atoms with Crippen LogP contribution in [0, 0.1) is 17.0 Å². The van der Waals surface area contributed by atoms with Crippen LogP contribution in [0.15, 0.2) is 58.7 Å². The first-order valence-corrected chi connectivity index (χ1v) is 11.1. The number of nitrogens with zero attached hydrogens (tertiary/aromatic N) is 5. The topological polar surface area (TPSA) is 55.0 Å². The molecule has 10 heteroatoms. The van der Waals surface area contributed by atoms with Crippen molar-refractivity contribution < 1.29 is 13.2 Å². The number of alkyl halides is 2. The average Bonchev–Trinajstić information content (AvgIpc) is 3.32. The van der Waals surface area contributed by atoms with Gasteiger partial charge in [0.15, 0.2) is 0 Å². The molecule has 164 valence electrons. The first-order chi connectivity index (χ1) is 15.5. The molecule has 5 nitrogen and oxygen atoms in total. The molecular formula is C22H21BF3N5S. The third-order valence-corrected chi connectivity index (χ3v) is 6.63. The minimum atomic E-state index is -2.66. The second-order valence-corrected chi connectivity index (χ2v) is 8.83. The summed E-state index contributed by atoms with van der Waals surface area (Å²) in [4.78, 5) is 0. The molecule has 2 aliphatic rings. The number of nitriles is 1. The molecule has 0 amide bonds. The van der Waals surface area contributed by atoms with E-state index in [1.54, 1.807) is 12.1 Å². The maximum absolute atomic E-state index is 15.0. The number of para-hydroxylation sites is 1. The zero-order valence-electron chi connectivity index (χ0n) is 17.3. The molecule has 1 saturated heterocycles. The van der Waals surface area contributed by atoms with Gasteiger partial charge in [0, 0.05) is 54.4 Å². The normalized spacial score (nSPS) is 16.7. The lowest BCUT2D eigenvalue weighted by molar-refractivity contribution is 0.224. The molecule has 4 rings (SSSR count). The van der Waals surface area contributed by atoms with E-state index in [9.17, 15) is 13.2 Å². The number of hydrogen-bond donors (Lipinski definition) is 0. The Hall–Kier alpha value is -2.77. The smallest absolute Gasteiger partial charge is 0.278 e. The Morgan fingerprint density at radius 1 is 1.12 bits per heavy atom. The minimum Gasteiger partial charge on any atom is -0.299 e. The highest BCUT2D eigenvalue weighted by molar-refractivity contribution is 7.98. The Kier molecular flexibility index (Phi) is 7.17. The van der Waals surface area contributed by atoms with Crippen LogP contribution in [0.25, 0.3) is 0 Å². The van der Waals surface area contributed by atoms with Crippen LogP contribution in [0.3, 0.4) is 0 Å². The van der Waals surface area contributed by atoms with Crippen LogP contribution in [0.4, 0.5) is 18.9 Å². The third kappa shape index (κ3) is 5.34. The lowest BCUT2D eigenvalue weighted by Crippen LogP contribution is -2.35. The summed E-state index contributed by atoms with van der Waals surface area (Å²) in [5.74, 6) is 1.92. The maximum atomic E-state index is 15.0. The Labute approximate surface area is 190 Å². The van der Waals surface area contributed by atoms with E-state index in [0.717, 1.165) is 31.4 Å². The van der Waals surface area contributed by atoms with Crippen LogP contribution in [0.5, 0.6) is 0 Å². The summed E-state index contributed by atoms with van der Waals surface area (Å²) in [6, 6.07) is 14.4. The van der Waals surface area contributed by atoms with E-state index in [1.807, 2.05) is 34.6 Å². The summed E-state index contributed by atoms with van der Waals surface area (Å²) in [5.41, 5.74) is 1.95. The predicted octanol–water partition coefficient (Wildman–Crippen LogP) is 5.08. The van der Waals surface area contributed by atoms with Crippen LogP contribution in [0.2, 0.25) is 12.6 Å². The van der Waals surface area contributed by atoms with Crippen molar-refractivity contribution >= 4 is 36.0 Å². The highest BCUT2D eigenvalue weighted by Gasteiger charge is 2.26. The minimum absolute atomic E-state index is 0.0684. The van der Waals surface area contributed by atoms with Gasteiger partial charge in [-0.05, 0) is 30.8 Å².